The average molecular weight is 270 g/mol. The molecule has 2 rings (SSSR count). The number of rotatable bonds is 5. The van der Waals surface area contributed by atoms with Crippen molar-refractivity contribution in [3.63, 3.8) is 0 Å². The molecule has 1 aromatic heterocycles. The zero-order chi connectivity index (χ0) is 12.3. The predicted molar refractivity (Wildman–Crippen MR) is 76.2 cm³/mol. The maximum absolute atomic E-state index is 6.14. The van der Waals surface area contributed by atoms with E-state index in [1.54, 1.807) is 6.07 Å². The minimum atomic E-state index is 0.694. The maximum Gasteiger partial charge on any atom is 0.0661 e. The Kier molecular flexibility index (Phi) is 4.36. The molecule has 3 heteroatoms. The first-order valence-electron chi connectivity index (χ1n) is 6.17. The number of hydrogen-bond donors (Lipinski definition) is 1. The molecule has 0 aliphatic heterocycles. The van der Waals surface area contributed by atoms with E-state index in [2.05, 4.69) is 18.0 Å². The number of aromatic amines is 1. The van der Waals surface area contributed by atoms with Crippen molar-refractivity contribution < 1.29 is 0 Å². The quantitative estimate of drug-likeness (QED) is 0.681. The Morgan fingerprint density at radius 3 is 2.65 bits per heavy atom. The van der Waals surface area contributed by atoms with Crippen LogP contribution in [0.2, 0.25) is 10.0 Å². The molecule has 0 saturated heterocycles. The van der Waals surface area contributed by atoms with E-state index in [1.807, 2.05) is 6.07 Å². The standard InChI is InChI=1S/C14H17Cl2N/c1-2-3-4-5-6-12-8-10-7-11(15)9-13(16)14(10)17-12/h7-9,17H,2-6H2,1H3. The van der Waals surface area contributed by atoms with Crippen LogP contribution in [0.5, 0.6) is 0 Å². The summed E-state index contributed by atoms with van der Waals surface area (Å²) in [4.78, 5) is 3.38. The third kappa shape index (κ3) is 3.17. The minimum Gasteiger partial charge on any atom is -0.357 e. The van der Waals surface area contributed by atoms with Crippen LogP contribution >= 0.6 is 23.2 Å². The molecule has 0 spiro atoms. The molecule has 0 radical (unpaired) electrons. The molecule has 0 saturated carbocycles. The van der Waals surface area contributed by atoms with E-state index < -0.39 is 0 Å². The Hall–Kier alpha value is -0.660. The van der Waals surface area contributed by atoms with Crippen LogP contribution in [0.4, 0.5) is 0 Å². The molecule has 0 atom stereocenters. The lowest BCUT2D eigenvalue weighted by atomic mass is 10.1. The molecular weight excluding hydrogens is 253 g/mol. The lowest BCUT2D eigenvalue weighted by Gasteiger charge is -1.97. The van der Waals surface area contributed by atoms with Gasteiger partial charge < -0.3 is 4.98 Å². The summed E-state index contributed by atoms with van der Waals surface area (Å²) in [5.41, 5.74) is 2.25. The van der Waals surface area contributed by atoms with Gasteiger partial charge in [-0.15, -0.1) is 0 Å². The van der Waals surface area contributed by atoms with Crippen molar-refractivity contribution in [2.45, 2.75) is 39.0 Å². The van der Waals surface area contributed by atoms with Crippen LogP contribution in [0.25, 0.3) is 10.9 Å². The highest BCUT2D eigenvalue weighted by molar-refractivity contribution is 6.38. The highest BCUT2D eigenvalue weighted by Crippen LogP contribution is 2.28. The van der Waals surface area contributed by atoms with Crippen LogP contribution < -0.4 is 0 Å². The van der Waals surface area contributed by atoms with Crippen molar-refractivity contribution in [1.29, 1.82) is 0 Å². The van der Waals surface area contributed by atoms with Crippen LogP contribution in [0.15, 0.2) is 18.2 Å². The lowest BCUT2D eigenvalue weighted by molar-refractivity contribution is 0.662. The Labute approximate surface area is 112 Å². The van der Waals surface area contributed by atoms with Crippen molar-refractivity contribution in [1.82, 2.24) is 4.98 Å². The topological polar surface area (TPSA) is 15.8 Å². The number of nitrogens with one attached hydrogen (secondary N) is 1. The third-order valence-corrected chi connectivity index (χ3v) is 3.52. The van der Waals surface area contributed by atoms with Gasteiger partial charge in [0.1, 0.15) is 0 Å². The summed E-state index contributed by atoms with van der Waals surface area (Å²) in [6.45, 7) is 2.23. The monoisotopic (exact) mass is 269 g/mol. The number of aryl methyl sites for hydroxylation is 1. The van der Waals surface area contributed by atoms with Gasteiger partial charge in [-0.25, -0.2) is 0 Å². The Morgan fingerprint density at radius 2 is 1.88 bits per heavy atom. The molecule has 92 valence electrons. The first-order valence-corrected chi connectivity index (χ1v) is 6.93. The molecule has 0 fully saturated rings. The highest BCUT2D eigenvalue weighted by Gasteiger charge is 2.05. The van der Waals surface area contributed by atoms with E-state index in [1.165, 1.54) is 31.4 Å². The molecule has 0 amide bonds. The van der Waals surface area contributed by atoms with Crippen molar-refractivity contribution in [2.75, 3.05) is 0 Å². The second-order valence-electron chi connectivity index (χ2n) is 4.46. The third-order valence-electron chi connectivity index (χ3n) is 3.00. The summed E-state index contributed by atoms with van der Waals surface area (Å²) in [7, 11) is 0. The van der Waals surface area contributed by atoms with Crippen LogP contribution in [-0.2, 0) is 6.42 Å². The van der Waals surface area contributed by atoms with E-state index in [-0.39, 0.29) is 0 Å². The van der Waals surface area contributed by atoms with E-state index in [9.17, 15) is 0 Å². The van der Waals surface area contributed by atoms with Crippen LogP contribution in [0.3, 0.4) is 0 Å². The molecule has 2 aromatic rings. The molecule has 1 N–H and O–H groups in total. The number of H-pyrrole nitrogens is 1. The molecule has 0 aliphatic carbocycles. The van der Waals surface area contributed by atoms with Crippen molar-refractivity contribution in [3.05, 3.63) is 33.9 Å². The van der Waals surface area contributed by atoms with Gasteiger partial charge in [0.05, 0.1) is 10.5 Å². The molecular formula is C14H17Cl2N. The first-order chi connectivity index (χ1) is 8.20. The fourth-order valence-electron chi connectivity index (χ4n) is 2.10. The Morgan fingerprint density at radius 1 is 1.06 bits per heavy atom. The number of hydrogen-bond acceptors (Lipinski definition) is 0. The summed E-state index contributed by atoms with van der Waals surface area (Å²) in [5, 5.41) is 2.50. The summed E-state index contributed by atoms with van der Waals surface area (Å²) >= 11 is 12.1. The van der Waals surface area contributed by atoms with Crippen molar-refractivity contribution >= 4 is 34.1 Å². The van der Waals surface area contributed by atoms with E-state index >= 15 is 0 Å². The summed E-state index contributed by atoms with van der Waals surface area (Å²) in [5.74, 6) is 0. The van der Waals surface area contributed by atoms with Gasteiger partial charge in [0, 0.05) is 16.1 Å². The van der Waals surface area contributed by atoms with Crippen LogP contribution in [-0.4, -0.2) is 4.98 Å². The highest BCUT2D eigenvalue weighted by atomic mass is 35.5. The van der Waals surface area contributed by atoms with Gasteiger partial charge >= 0.3 is 0 Å². The summed E-state index contributed by atoms with van der Waals surface area (Å²) in [6, 6.07) is 5.89. The molecule has 1 heterocycles. The van der Waals surface area contributed by atoms with Gasteiger partial charge in [-0.2, -0.15) is 0 Å². The van der Waals surface area contributed by atoms with Gasteiger partial charge in [-0.1, -0.05) is 49.4 Å². The van der Waals surface area contributed by atoms with Crippen LogP contribution in [0.1, 0.15) is 38.3 Å². The number of benzene rings is 1. The Balaban J connectivity index is 2.12. The largest absolute Gasteiger partial charge is 0.357 e. The van der Waals surface area contributed by atoms with Crippen molar-refractivity contribution in [3.8, 4) is 0 Å². The molecule has 17 heavy (non-hydrogen) atoms. The maximum atomic E-state index is 6.14. The zero-order valence-corrected chi connectivity index (χ0v) is 11.5. The van der Waals surface area contributed by atoms with Gasteiger partial charge in [-0.3, -0.25) is 0 Å². The van der Waals surface area contributed by atoms with Gasteiger partial charge in [-0.05, 0) is 31.0 Å². The molecule has 1 nitrogen and oxygen atoms in total. The number of unbranched alkanes of at least 4 members (excludes halogenated alkanes) is 3. The number of aromatic nitrogens is 1. The minimum absolute atomic E-state index is 0.694. The summed E-state index contributed by atoms with van der Waals surface area (Å²) < 4.78 is 0. The fraction of sp³-hybridized carbons (Fsp3) is 0.429. The smallest absolute Gasteiger partial charge is 0.0661 e. The van der Waals surface area contributed by atoms with Gasteiger partial charge in [0.2, 0.25) is 0 Å². The molecule has 0 bridgehead atoms. The van der Waals surface area contributed by atoms with Gasteiger partial charge in [0.25, 0.3) is 0 Å². The number of fused-ring (bicyclic) bond motifs is 1. The predicted octanol–water partition coefficient (Wildman–Crippen LogP) is 5.60. The second-order valence-corrected chi connectivity index (χ2v) is 5.30. The molecule has 1 aromatic carbocycles. The SMILES string of the molecule is CCCCCCc1cc2cc(Cl)cc(Cl)c2[nH]1. The van der Waals surface area contributed by atoms with Crippen molar-refractivity contribution in [2.24, 2.45) is 0 Å². The second kappa shape index (κ2) is 5.79. The summed E-state index contributed by atoms with van der Waals surface area (Å²) in [6.07, 6.45) is 6.19. The molecule has 0 aliphatic rings. The lowest BCUT2D eigenvalue weighted by Crippen LogP contribution is -1.85. The Bertz CT molecular complexity index is 502. The fourth-order valence-corrected chi connectivity index (χ4v) is 2.66. The molecule has 0 unspecified atom stereocenters. The van der Waals surface area contributed by atoms with E-state index in [0.29, 0.717) is 10.0 Å². The number of halogens is 2. The average Bonchev–Trinajstić information content (AvgIpc) is 2.67. The first kappa shape index (κ1) is 12.8. The normalized spacial score (nSPS) is 11.2. The zero-order valence-electron chi connectivity index (χ0n) is 10.0. The van der Waals surface area contributed by atoms with E-state index in [0.717, 1.165) is 17.3 Å². The van der Waals surface area contributed by atoms with Gasteiger partial charge in [0.15, 0.2) is 0 Å². The van der Waals surface area contributed by atoms with Crippen LogP contribution in [0, 0.1) is 0 Å². The van der Waals surface area contributed by atoms with E-state index in [4.69, 9.17) is 23.2 Å².